The zero-order valence-corrected chi connectivity index (χ0v) is 9.58. The van der Waals surface area contributed by atoms with Gasteiger partial charge in [0.2, 0.25) is 0 Å². The highest BCUT2D eigenvalue weighted by Gasteiger charge is 2.06. The first-order valence-electron chi connectivity index (χ1n) is 4.85. The molecule has 0 fully saturated rings. The van der Waals surface area contributed by atoms with Crippen molar-refractivity contribution in [2.24, 2.45) is 0 Å². The summed E-state index contributed by atoms with van der Waals surface area (Å²) in [5.41, 5.74) is 1.12. The summed E-state index contributed by atoms with van der Waals surface area (Å²) in [6.45, 7) is 4.13. The number of hydrogen-bond acceptors (Lipinski definition) is 4. The molecule has 2 rings (SSSR count). The Hall–Kier alpha value is -1.42. The van der Waals surface area contributed by atoms with E-state index < -0.39 is 0 Å². The molecule has 0 saturated heterocycles. The third-order valence-corrected chi connectivity index (χ3v) is 3.18. The number of aromatic nitrogens is 2. The molecule has 2 aromatic heterocycles. The molecular weight excluding hydrogens is 206 g/mol. The molecule has 0 spiro atoms. The molecule has 1 N–H and O–H groups in total. The van der Waals surface area contributed by atoms with Gasteiger partial charge in [-0.1, -0.05) is 6.07 Å². The molecule has 2 heterocycles. The van der Waals surface area contributed by atoms with Crippen LogP contribution in [0.5, 0.6) is 0 Å². The Bertz CT molecular complexity index is 425. The summed E-state index contributed by atoms with van der Waals surface area (Å²) in [5, 5.41) is 13.3. The molecule has 0 radical (unpaired) electrons. The number of nitrogens with zero attached hydrogens (tertiary/aromatic N) is 2. The van der Waals surface area contributed by atoms with Crippen LogP contribution in [-0.2, 0) is 0 Å². The summed E-state index contributed by atoms with van der Waals surface area (Å²) in [7, 11) is 0. The molecule has 0 saturated carbocycles. The van der Waals surface area contributed by atoms with Gasteiger partial charge in [0.25, 0.3) is 0 Å². The topological polar surface area (TPSA) is 37.8 Å². The Labute approximate surface area is 93.2 Å². The molecule has 1 atom stereocenters. The largest absolute Gasteiger partial charge is 0.361 e. The van der Waals surface area contributed by atoms with Gasteiger partial charge in [-0.3, -0.25) is 0 Å². The first-order chi connectivity index (χ1) is 7.25. The van der Waals surface area contributed by atoms with E-state index in [1.54, 1.807) is 17.5 Å². The van der Waals surface area contributed by atoms with Crippen LogP contribution in [0.3, 0.4) is 0 Å². The van der Waals surface area contributed by atoms with Crippen molar-refractivity contribution in [1.82, 2.24) is 10.2 Å². The first-order valence-corrected chi connectivity index (χ1v) is 5.73. The van der Waals surface area contributed by atoms with Gasteiger partial charge in [-0.15, -0.1) is 16.4 Å². The quantitative estimate of drug-likeness (QED) is 0.862. The fraction of sp³-hybridized carbons (Fsp3) is 0.273. The van der Waals surface area contributed by atoms with Crippen LogP contribution >= 0.6 is 11.3 Å². The van der Waals surface area contributed by atoms with E-state index in [9.17, 15) is 0 Å². The second kappa shape index (κ2) is 4.40. The van der Waals surface area contributed by atoms with E-state index in [1.807, 2.05) is 13.0 Å². The molecule has 0 bridgehead atoms. The highest BCUT2D eigenvalue weighted by molar-refractivity contribution is 7.10. The third-order valence-electron chi connectivity index (χ3n) is 2.13. The molecule has 0 aromatic carbocycles. The smallest absolute Gasteiger partial charge is 0.149 e. The van der Waals surface area contributed by atoms with Gasteiger partial charge in [-0.05, 0) is 36.9 Å². The van der Waals surface area contributed by atoms with Crippen molar-refractivity contribution in [3.63, 3.8) is 0 Å². The fourth-order valence-corrected chi connectivity index (χ4v) is 2.10. The van der Waals surface area contributed by atoms with E-state index in [0.29, 0.717) is 0 Å². The number of thiophene rings is 1. The molecule has 0 aliphatic heterocycles. The van der Waals surface area contributed by atoms with E-state index in [2.05, 4.69) is 40.0 Å². The molecule has 0 amide bonds. The van der Waals surface area contributed by atoms with Crippen molar-refractivity contribution < 1.29 is 0 Å². The lowest BCUT2D eigenvalue weighted by Crippen LogP contribution is -2.07. The lowest BCUT2D eigenvalue weighted by atomic mass is 10.2. The van der Waals surface area contributed by atoms with E-state index >= 15 is 0 Å². The van der Waals surface area contributed by atoms with Crippen molar-refractivity contribution in [3.8, 4) is 0 Å². The summed E-state index contributed by atoms with van der Waals surface area (Å²) < 4.78 is 0. The minimum atomic E-state index is 0.279. The van der Waals surface area contributed by atoms with Crippen molar-refractivity contribution in [3.05, 3.63) is 40.2 Å². The van der Waals surface area contributed by atoms with Gasteiger partial charge in [0.1, 0.15) is 5.82 Å². The normalized spacial score (nSPS) is 12.4. The zero-order valence-electron chi connectivity index (χ0n) is 8.77. The van der Waals surface area contributed by atoms with Crippen LogP contribution in [0, 0.1) is 6.92 Å². The highest BCUT2D eigenvalue weighted by atomic mass is 32.1. The number of aryl methyl sites for hydroxylation is 1. The number of anilines is 1. The molecule has 4 heteroatoms. The second-order valence-corrected chi connectivity index (χ2v) is 4.48. The van der Waals surface area contributed by atoms with Crippen LogP contribution in [-0.4, -0.2) is 10.2 Å². The molecule has 0 aliphatic carbocycles. The average Bonchev–Trinajstić information content (AvgIpc) is 2.70. The first kappa shape index (κ1) is 10.1. The van der Waals surface area contributed by atoms with Gasteiger partial charge < -0.3 is 5.32 Å². The molecule has 1 unspecified atom stereocenters. The zero-order chi connectivity index (χ0) is 10.7. The van der Waals surface area contributed by atoms with E-state index in [0.717, 1.165) is 11.4 Å². The van der Waals surface area contributed by atoms with Gasteiger partial charge in [0.05, 0.1) is 12.2 Å². The van der Waals surface area contributed by atoms with Crippen LogP contribution < -0.4 is 5.32 Å². The Morgan fingerprint density at radius 3 is 3.00 bits per heavy atom. The summed E-state index contributed by atoms with van der Waals surface area (Å²) in [6, 6.07) is 6.45. The summed E-state index contributed by atoms with van der Waals surface area (Å²) in [6.07, 6.45) is 1.75. The Morgan fingerprint density at radius 2 is 2.33 bits per heavy atom. The van der Waals surface area contributed by atoms with Crippen LogP contribution in [0.25, 0.3) is 0 Å². The molecule has 0 aliphatic rings. The van der Waals surface area contributed by atoms with Crippen molar-refractivity contribution in [2.45, 2.75) is 19.9 Å². The summed E-state index contributed by atoms with van der Waals surface area (Å²) in [4.78, 5) is 1.30. The predicted molar refractivity (Wildman–Crippen MR) is 63.1 cm³/mol. The third kappa shape index (κ3) is 2.53. The van der Waals surface area contributed by atoms with Crippen molar-refractivity contribution in [1.29, 1.82) is 0 Å². The van der Waals surface area contributed by atoms with E-state index in [-0.39, 0.29) is 6.04 Å². The number of nitrogens with one attached hydrogen (secondary N) is 1. The summed E-state index contributed by atoms with van der Waals surface area (Å²) >= 11 is 1.74. The van der Waals surface area contributed by atoms with Gasteiger partial charge in [0.15, 0.2) is 0 Å². The average molecular weight is 219 g/mol. The number of rotatable bonds is 3. The highest BCUT2D eigenvalue weighted by Crippen LogP contribution is 2.21. The van der Waals surface area contributed by atoms with Crippen LogP contribution in [0.1, 0.15) is 23.4 Å². The van der Waals surface area contributed by atoms with Gasteiger partial charge in [-0.2, -0.15) is 5.10 Å². The molecule has 3 nitrogen and oxygen atoms in total. The lowest BCUT2D eigenvalue weighted by molar-refractivity contribution is 0.876. The lowest BCUT2D eigenvalue weighted by Gasteiger charge is -2.12. The Morgan fingerprint density at radius 1 is 1.47 bits per heavy atom. The van der Waals surface area contributed by atoms with Gasteiger partial charge in [-0.25, -0.2) is 0 Å². The SMILES string of the molecule is Cc1cnnc(NC(C)c2cccs2)c1. The minimum absolute atomic E-state index is 0.279. The maximum Gasteiger partial charge on any atom is 0.149 e. The molecule has 15 heavy (non-hydrogen) atoms. The van der Waals surface area contributed by atoms with E-state index in [1.165, 1.54) is 4.88 Å². The Kier molecular flexibility index (Phi) is 2.97. The standard InChI is InChI=1S/C11H13N3S/c1-8-6-11(14-12-7-8)13-9(2)10-4-3-5-15-10/h3-7,9H,1-2H3,(H,13,14). The molecular formula is C11H13N3S. The van der Waals surface area contributed by atoms with Crippen molar-refractivity contribution >= 4 is 17.2 Å². The van der Waals surface area contributed by atoms with Crippen LogP contribution in [0.4, 0.5) is 5.82 Å². The monoisotopic (exact) mass is 219 g/mol. The summed E-state index contributed by atoms with van der Waals surface area (Å²) in [5.74, 6) is 0.830. The van der Waals surface area contributed by atoms with Crippen molar-refractivity contribution in [2.75, 3.05) is 5.32 Å². The predicted octanol–water partition coefficient (Wildman–Crippen LogP) is 3.02. The molecule has 2 aromatic rings. The maximum absolute atomic E-state index is 4.03. The molecule has 78 valence electrons. The Balaban J connectivity index is 2.09. The van der Waals surface area contributed by atoms with Gasteiger partial charge in [0, 0.05) is 4.88 Å². The minimum Gasteiger partial charge on any atom is -0.361 e. The number of hydrogen-bond donors (Lipinski definition) is 1. The fourth-order valence-electron chi connectivity index (χ4n) is 1.37. The van der Waals surface area contributed by atoms with Crippen LogP contribution in [0.15, 0.2) is 29.8 Å². The maximum atomic E-state index is 4.03. The van der Waals surface area contributed by atoms with E-state index in [4.69, 9.17) is 0 Å². The van der Waals surface area contributed by atoms with Gasteiger partial charge >= 0.3 is 0 Å². The second-order valence-electron chi connectivity index (χ2n) is 3.50. The van der Waals surface area contributed by atoms with Crippen LogP contribution in [0.2, 0.25) is 0 Å².